The third-order valence-electron chi connectivity index (χ3n) is 3.68. The first-order valence-corrected chi connectivity index (χ1v) is 7.74. The van der Waals surface area contributed by atoms with Crippen LogP contribution in [0.3, 0.4) is 0 Å². The van der Waals surface area contributed by atoms with Gasteiger partial charge in [-0.05, 0) is 49.9 Å². The van der Waals surface area contributed by atoms with Gasteiger partial charge in [0.1, 0.15) is 0 Å². The van der Waals surface area contributed by atoms with Crippen molar-refractivity contribution in [3.8, 4) is 0 Å². The SMILES string of the molecule is NCCCC(=O)N1CCC[C@@H]1Cc1ccc(Br)cc1. The maximum Gasteiger partial charge on any atom is 0.222 e. The van der Waals surface area contributed by atoms with Crippen LogP contribution in [0, 0.1) is 0 Å². The van der Waals surface area contributed by atoms with Crippen molar-refractivity contribution in [1.82, 2.24) is 4.90 Å². The van der Waals surface area contributed by atoms with Gasteiger partial charge in [-0.3, -0.25) is 4.79 Å². The minimum absolute atomic E-state index is 0.269. The van der Waals surface area contributed by atoms with Gasteiger partial charge in [0.05, 0.1) is 0 Å². The minimum Gasteiger partial charge on any atom is -0.339 e. The molecule has 104 valence electrons. The molecule has 0 unspecified atom stereocenters. The van der Waals surface area contributed by atoms with E-state index in [0.717, 1.165) is 36.7 Å². The molecule has 1 aliphatic heterocycles. The van der Waals surface area contributed by atoms with Gasteiger partial charge in [0, 0.05) is 23.5 Å². The van der Waals surface area contributed by atoms with Crippen molar-refractivity contribution in [3.05, 3.63) is 34.3 Å². The highest BCUT2D eigenvalue weighted by Crippen LogP contribution is 2.23. The highest BCUT2D eigenvalue weighted by Gasteiger charge is 2.28. The predicted molar refractivity (Wildman–Crippen MR) is 80.9 cm³/mol. The average molecular weight is 325 g/mol. The fraction of sp³-hybridized carbons (Fsp3) is 0.533. The molecule has 3 nitrogen and oxygen atoms in total. The first-order valence-electron chi connectivity index (χ1n) is 6.94. The maximum atomic E-state index is 12.1. The highest BCUT2D eigenvalue weighted by atomic mass is 79.9. The molecule has 0 bridgehead atoms. The fourth-order valence-electron chi connectivity index (χ4n) is 2.67. The second-order valence-electron chi connectivity index (χ2n) is 5.11. The van der Waals surface area contributed by atoms with Crippen LogP contribution in [0.1, 0.15) is 31.2 Å². The standard InChI is InChI=1S/C15H21BrN2O/c16-13-7-5-12(6-8-13)11-14-3-2-10-18(14)15(19)4-1-9-17/h5-8,14H,1-4,9-11,17H2/t14-/m1/s1. The zero-order valence-corrected chi connectivity index (χ0v) is 12.7. The molecule has 1 heterocycles. The van der Waals surface area contributed by atoms with E-state index in [1.807, 2.05) is 0 Å². The van der Waals surface area contributed by atoms with Crippen molar-refractivity contribution in [2.75, 3.05) is 13.1 Å². The van der Waals surface area contributed by atoms with E-state index in [4.69, 9.17) is 5.73 Å². The van der Waals surface area contributed by atoms with Crippen LogP contribution in [0.2, 0.25) is 0 Å². The molecule has 0 saturated carbocycles. The summed E-state index contributed by atoms with van der Waals surface area (Å²) >= 11 is 3.45. The second kappa shape index (κ2) is 7.06. The number of hydrogen-bond donors (Lipinski definition) is 1. The molecule has 0 aromatic heterocycles. The number of nitrogens with zero attached hydrogens (tertiary/aromatic N) is 1. The molecular weight excluding hydrogens is 304 g/mol. The number of likely N-dealkylation sites (tertiary alicyclic amines) is 1. The van der Waals surface area contributed by atoms with Gasteiger partial charge in [-0.25, -0.2) is 0 Å². The van der Waals surface area contributed by atoms with Crippen molar-refractivity contribution in [2.24, 2.45) is 5.73 Å². The van der Waals surface area contributed by atoms with Gasteiger partial charge in [-0.2, -0.15) is 0 Å². The predicted octanol–water partition coefficient (Wildman–Crippen LogP) is 2.72. The Morgan fingerprint density at radius 1 is 1.37 bits per heavy atom. The third-order valence-corrected chi connectivity index (χ3v) is 4.21. The Morgan fingerprint density at radius 3 is 2.79 bits per heavy atom. The lowest BCUT2D eigenvalue weighted by molar-refractivity contribution is -0.132. The Balaban J connectivity index is 1.95. The van der Waals surface area contributed by atoms with Gasteiger partial charge >= 0.3 is 0 Å². The van der Waals surface area contributed by atoms with Crippen molar-refractivity contribution >= 4 is 21.8 Å². The summed E-state index contributed by atoms with van der Waals surface area (Å²) in [6, 6.07) is 8.75. The van der Waals surface area contributed by atoms with Crippen molar-refractivity contribution in [1.29, 1.82) is 0 Å². The number of rotatable bonds is 5. The molecule has 19 heavy (non-hydrogen) atoms. The number of halogens is 1. The summed E-state index contributed by atoms with van der Waals surface area (Å²) in [6.45, 7) is 1.50. The molecule has 1 amide bonds. The Kier molecular flexibility index (Phi) is 5.40. The van der Waals surface area contributed by atoms with Gasteiger partial charge in [0.25, 0.3) is 0 Å². The normalized spacial score (nSPS) is 18.8. The molecule has 1 atom stereocenters. The molecule has 0 aliphatic carbocycles. The van der Waals surface area contributed by atoms with E-state index in [-0.39, 0.29) is 5.91 Å². The van der Waals surface area contributed by atoms with Crippen molar-refractivity contribution < 1.29 is 4.79 Å². The van der Waals surface area contributed by atoms with Crippen LogP contribution in [0.25, 0.3) is 0 Å². The molecular formula is C15H21BrN2O. The Labute approximate surface area is 123 Å². The Morgan fingerprint density at radius 2 is 2.11 bits per heavy atom. The summed E-state index contributed by atoms with van der Waals surface area (Å²) in [5.41, 5.74) is 6.77. The lowest BCUT2D eigenvalue weighted by Crippen LogP contribution is -2.36. The maximum absolute atomic E-state index is 12.1. The number of amides is 1. The summed E-state index contributed by atoms with van der Waals surface area (Å²) < 4.78 is 1.10. The van der Waals surface area contributed by atoms with Crippen LogP contribution < -0.4 is 5.73 Å². The van der Waals surface area contributed by atoms with Crippen LogP contribution in [-0.4, -0.2) is 29.9 Å². The van der Waals surface area contributed by atoms with Gasteiger partial charge in [0.15, 0.2) is 0 Å². The van der Waals surface area contributed by atoms with Crippen LogP contribution in [0.4, 0.5) is 0 Å². The zero-order chi connectivity index (χ0) is 13.7. The van der Waals surface area contributed by atoms with Crippen LogP contribution in [-0.2, 0) is 11.2 Å². The Hall–Kier alpha value is -0.870. The third kappa shape index (κ3) is 4.05. The van der Waals surface area contributed by atoms with Gasteiger partial charge in [-0.1, -0.05) is 28.1 Å². The molecule has 1 saturated heterocycles. The van der Waals surface area contributed by atoms with E-state index < -0.39 is 0 Å². The van der Waals surface area contributed by atoms with Crippen LogP contribution in [0.15, 0.2) is 28.7 Å². The molecule has 4 heteroatoms. The van der Waals surface area contributed by atoms with Crippen molar-refractivity contribution in [2.45, 2.75) is 38.1 Å². The molecule has 1 fully saturated rings. The van der Waals surface area contributed by atoms with E-state index in [1.165, 1.54) is 5.56 Å². The Bertz CT molecular complexity index is 419. The first kappa shape index (κ1) is 14.5. The van der Waals surface area contributed by atoms with E-state index >= 15 is 0 Å². The van der Waals surface area contributed by atoms with Gasteiger partial charge in [0.2, 0.25) is 5.91 Å². The van der Waals surface area contributed by atoms with E-state index in [1.54, 1.807) is 0 Å². The lowest BCUT2D eigenvalue weighted by atomic mass is 10.0. The smallest absolute Gasteiger partial charge is 0.222 e. The topological polar surface area (TPSA) is 46.3 Å². The average Bonchev–Trinajstić information content (AvgIpc) is 2.87. The minimum atomic E-state index is 0.269. The van der Waals surface area contributed by atoms with E-state index in [9.17, 15) is 4.79 Å². The molecule has 1 aromatic rings. The molecule has 1 aromatic carbocycles. The molecule has 0 spiro atoms. The molecule has 0 radical (unpaired) electrons. The zero-order valence-electron chi connectivity index (χ0n) is 11.1. The fourth-order valence-corrected chi connectivity index (χ4v) is 2.93. The molecule has 2 N–H and O–H groups in total. The number of benzene rings is 1. The van der Waals surface area contributed by atoms with Crippen LogP contribution in [0.5, 0.6) is 0 Å². The molecule has 1 aliphatic rings. The highest BCUT2D eigenvalue weighted by molar-refractivity contribution is 9.10. The second-order valence-corrected chi connectivity index (χ2v) is 6.02. The number of carbonyl (C=O) groups excluding carboxylic acids is 1. The monoisotopic (exact) mass is 324 g/mol. The molecule has 2 rings (SSSR count). The lowest BCUT2D eigenvalue weighted by Gasteiger charge is -2.25. The number of carbonyl (C=O) groups is 1. The van der Waals surface area contributed by atoms with Crippen molar-refractivity contribution in [3.63, 3.8) is 0 Å². The first-order chi connectivity index (χ1) is 9.20. The largest absolute Gasteiger partial charge is 0.339 e. The summed E-state index contributed by atoms with van der Waals surface area (Å²) in [7, 11) is 0. The summed E-state index contributed by atoms with van der Waals surface area (Å²) in [6.07, 6.45) is 4.58. The van der Waals surface area contributed by atoms with Gasteiger partial charge < -0.3 is 10.6 Å². The quantitative estimate of drug-likeness (QED) is 0.905. The van der Waals surface area contributed by atoms with E-state index in [2.05, 4.69) is 45.1 Å². The van der Waals surface area contributed by atoms with E-state index in [0.29, 0.717) is 19.0 Å². The van der Waals surface area contributed by atoms with Crippen LogP contribution >= 0.6 is 15.9 Å². The number of hydrogen-bond acceptors (Lipinski definition) is 2. The summed E-state index contributed by atoms with van der Waals surface area (Å²) in [5, 5.41) is 0. The number of nitrogens with two attached hydrogens (primary N) is 1. The van der Waals surface area contributed by atoms with Gasteiger partial charge in [-0.15, -0.1) is 0 Å². The summed E-state index contributed by atoms with van der Waals surface area (Å²) in [5.74, 6) is 0.269. The summed E-state index contributed by atoms with van der Waals surface area (Å²) in [4.78, 5) is 14.2.